The Hall–Kier alpha value is -3.36. The normalized spacial score (nSPS) is 16.4. The molecule has 2 N–H and O–H groups in total. The summed E-state index contributed by atoms with van der Waals surface area (Å²) in [6.07, 6.45) is 2.53. The lowest BCUT2D eigenvalue weighted by molar-refractivity contribution is 0.102. The molecule has 3 aromatic carbocycles. The van der Waals surface area contributed by atoms with Gasteiger partial charge >= 0.3 is 0 Å². The van der Waals surface area contributed by atoms with Gasteiger partial charge in [0.2, 0.25) is 0 Å². The summed E-state index contributed by atoms with van der Waals surface area (Å²) in [4.78, 5) is 15.3. The van der Waals surface area contributed by atoms with Crippen LogP contribution in [0.15, 0.2) is 71.6 Å². The molecule has 3 aromatic rings. The largest absolute Gasteiger partial charge is 0.495 e. The Balaban J connectivity index is 1.38. The quantitative estimate of drug-likeness (QED) is 0.433. The minimum absolute atomic E-state index is 0.0837. The van der Waals surface area contributed by atoms with Gasteiger partial charge in [-0.05, 0) is 91.9 Å². The molecule has 1 aliphatic heterocycles. The van der Waals surface area contributed by atoms with E-state index in [0.29, 0.717) is 22.7 Å². The average Bonchev–Trinajstić information content (AvgIpc) is 2.85. The highest BCUT2D eigenvalue weighted by Gasteiger charge is 2.18. The first kappa shape index (κ1) is 25.7. The van der Waals surface area contributed by atoms with E-state index >= 15 is 0 Å². The van der Waals surface area contributed by atoms with E-state index in [-0.39, 0.29) is 10.8 Å². The van der Waals surface area contributed by atoms with Gasteiger partial charge in [0.1, 0.15) is 5.75 Å². The summed E-state index contributed by atoms with van der Waals surface area (Å²) in [7, 11) is -2.34. The molecule has 1 heterocycles. The number of rotatable bonds is 8. The van der Waals surface area contributed by atoms with Gasteiger partial charge < -0.3 is 10.1 Å². The van der Waals surface area contributed by atoms with E-state index in [4.69, 9.17) is 4.74 Å². The van der Waals surface area contributed by atoms with Crippen LogP contribution in [0.5, 0.6) is 5.75 Å². The average molecular weight is 508 g/mol. The Kier molecular flexibility index (Phi) is 7.96. The number of anilines is 2. The number of methoxy groups -OCH3 is 1. The molecule has 0 saturated carbocycles. The summed E-state index contributed by atoms with van der Waals surface area (Å²) in [6.45, 7) is 7.29. The van der Waals surface area contributed by atoms with Crippen molar-refractivity contribution in [3.63, 3.8) is 0 Å². The molecule has 1 saturated heterocycles. The number of likely N-dealkylation sites (tertiary alicyclic amines) is 1. The van der Waals surface area contributed by atoms with Gasteiger partial charge in [-0.15, -0.1) is 0 Å². The maximum Gasteiger partial charge on any atom is 0.262 e. The van der Waals surface area contributed by atoms with Crippen LogP contribution in [-0.4, -0.2) is 39.4 Å². The van der Waals surface area contributed by atoms with Gasteiger partial charge in [-0.1, -0.05) is 25.1 Å². The predicted molar refractivity (Wildman–Crippen MR) is 143 cm³/mol. The third-order valence-corrected chi connectivity index (χ3v) is 7.77. The van der Waals surface area contributed by atoms with Gasteiger partial charge in [0, 0.05) is 24.3 Å². The van der Waals surface area contributed by atoms with Crippen LogP contribution in [0.3, 0.4) is 0 Å². The molecule has 1 atom stereocenters. The van der Waals surface area contributed by atoms with Crippen molar-refractivity contribution in [2.24, 2.45) is 5.92 Å². The van der Waals surface area contributed by atoms with E-state index < -0.39 is 10.0 Å². The highest BCUT2D eigenvalue weighted by atomic mass is 32.2. The number of aryl methyl sites for hydroxylation is 1. The molecule has 7 nitrogen and oxygen atoms in total. The number of carbonyl (C=O) groups excluding carboxylic acids is 1. The SMILES string of the molecule is COc1ccc(C)cc1NS(=O)(=O)c1ccc(NC(=O)c2ccc(CN3CCC[C@@H](C)C3)cc2)cc1. The lowest BCUT2D eigenvalue weighted by atomic mass is 9.99. The summed E-state index contributed by atoms with van der Waals surface area (Å²) in [5.74, 6) is 0.919. The van der Waals surface area contributed by atoms with E-state index in [1.54, 1.807) is 24.3 Å². The van der Waals surface area contributed by atoms with Crippen molar-refractivity contribution >= 4 is 27.3 Å². The molecule has 1 fully saturated rings. The van der Waals surface area contributed by atoms with Crippen molar-refractivity contribution < 1.29 is 17.9 Å². The summed E-state index contributed by atoms with van der Waals surface area (Å²) < 4.78 is 33.6. The lowest BCUT2D eigenvalue weighted by Crippen LogP contribution is -2.33. The molecule has 1 amide bonds. The maximum atomic E-state index is 12.9. The van der Waals surface area contributed by atoms with Crippen LogP contribution in [-0.2, 0) is 16.6 Å². The van der Waals surface area contributed by atoms with E-state index in [2.05, 4.69) is 21.9 Å². The van der Waals surface area contributed by atoms with Gasteiger partial charge in [0.05, 0.1) is 17.7 Å². The number of carbonyl (C=O) groups is 1. The molecule has 0 unspecified atom stereocenters. The maximum absolute atomic E-state index is 12.9. The van der Waals surface area contributed by atoms with Gasteiger partial charge in [0.15, 0.2) is 0 Å². The van der Waals surface area contributed by atoms with Crippen molar-refractivity contribution in [1.29, 1.82) is 0 Å². The fourth-order valence-corrected chi connectivity index (χ4v) is 5.54. The summed E-state index contributed by atoms with van der Waals surface area (Å²) in [6, 6.07) is 19.0. The second-order valence-electron chi connectivity index (χ2n) is 9.47. The van der Waals surface area contributed by atoms with E-state index in [1.165, 1.54) is 37.6 Å². The highest BCUT2D eigenvalue weighted by molar-refractivity contribution is 7.92. The summed E-state index contributed by atoms with van der Waals surface area (Å²) in [5, 5.41) is 2.83. The molecular formula is C28H33N3O4S. The van der Waals surface area contributed by atoms with E-state index in [0.717, 1.165) is 31.1 Å². The summed E-state index contributed by atoms with van der Waals surface area (Å²) in [5.41, 5.74) is 3.52. The zero-order valence-electron chi connectivity index (χ0n) is 21.0. The molecule has 8 heteroatoms. The number of nitrogens with zero attached hydrogens (tertiary/aromatic N) is 1. The Morgan fingerprint density at radius 3 is 2.44 bits per heavy atom. The predicted octanol–water partition coefficient (Wildman–Crippen LogP) is 5.29. The zero-order chi connectivity index (χ0) is 25.7. The monoisotopic (exact) mass is 507 g/mol. The molecule has 0 spiro atoms. The minimum atomic E-state index is -3.83. The zero-order valence-corrected chi connectivity index (χ0v) is 21.8. The number of piperidine rings is 1. The minimum Gasteiger partial charge on any atom is -0.495 e. The van der Waals surface area contributed by atoms with Crippen molar-refractivity contribution in [3.05, 3.63) is 83.4 Å². The van der Waals surface area contributed by atoms with Crippen LogP contribution >= 0.6 is 0 Å². The Morgan fingerprint density at radius 1 is 1.06 bits per heavy atom. The number of hydrogen-bond donors (Lipinski definition) is 2. The first-order valence-electron chi connectivity index (χ1n) is 12.1. The highest BCUT2D eigenvalue weighted by Crippen LogP contribution is 2.28. The molecule has 4 rings (SSSR count). The molecule has 0 radical (unpaired) electrons. The van der Waals surface area contributed by atoms with Crippen molar-refractivity contribution in [3.8, 4) is 5.75 Å². The number of amides is 1. The van der Waals surface area contributed by atoms with Crippen LogP contribution in [0.1, 0.15) is 41.3 Å². The second-order valence-corrected chi connectivity index (χ2v) is 11.1. The molecule has 1 aliphatic rings. The smallest absolute Gasteiger partial charge is 0.262 e. The van der Waals surface area contributed by atoms with Crippen molar-refractivity contribution in [2.45, 2.75) is 38.1 Å². The van der Waals surface area contributed by atoms with E-state index in [9.17, 15) is 13.2 Å². The molecule has 0 bridgehead atoms. The first-order valence-corrected chi connectivity index (χ1v) is 13.6. The van der Waals surface area contributed by atoms with Crippen molar-refractivity contribution in [1.82, 2.24) is 4.90 Å². The Bertz CT molecular complexity index is 1310. The van der Waals surface area contributed by atoms with Gasteiger partial charge in [0.25, 0.3) is 15.9 Å². The number of nitrogens with one attached hydrogen (secondary N) is 2. The molecule has 0 aliphatic carbocycles. The number of ether oxygens (including phenoxy) is 1. The lowest BCUT2D eigenvalue weighted by Gasteiger charge is -2.30. The van der Waals surface area contributed by atoms with Gasteiger partial charge in [-0.25, -0.2) is 8.42 Å². The first-order chi connectivity index (χ1) is 17.2. The molecular weight excluding hydrogens is 474 g/mol. The number of hydrogen-bond acceptors (Lipinski definition) is 5. The fraction of sp³-hybridized carbons (Fsp3) is 0.321. The van der Waals surface area contributed by atoms with Gasteiger partial charge in [-0.3, -0.25) is 14.4 Å². The topological polar surface area (TPSA) is 87.7 Å². The number of benzene rings is 3. The van der Waals surface area contributed by atoms with Crippen molar-refractivity contribution in [2.75, 3.05) is 30.2 Å². The molecule has 0 aromatic heterocycles. The standard InChI is InChI=1S/C28H33N3O4S/c1-20-6-15-27(35-3)26(17-20)30-36(33,34)25-13-11-24(12-14-25)29-28(32)23-9-7-22(8-10-23)19-31-16-4-5-21(2)18-31/h6-15,17,21,30H,4-5,16,18-19H2,1-3H3,(H,29,32)/t21-/m1/s1. The molecule has 36 heavy (non-hydrogen) atoms. The Labute approximate surface area is 213 Å². The Morgan fingerprint density at radius 2 is 1.78 bits per heavy atom. The second kappa shape index (κ2) is 11.1. The molecule has 190 valence electrons. The van der Waals surface area contributed by atoms with Crippen LogP contribution < -0.4 is 14.8 Å². The van der Waals surface area contributed by atoms with E-state index in [1.807, 2.05) is 37.3 Å². The van der Waals surface area contributed by atoms with Crippen LogP contribution in [0.25, 0.3) is 0 Å². The third kappa shape index (κ3) is 6.44. The van der Waals surface area contributed by atoms with Crippen LogP contribution in [0.2, 0.25) is 0 Å². The van der Waals surface area contributed by atoms with Gasteiger partial charge in [-0.2, -0.15) is 0 Å². The third-order valence-electron chi connectivity index (χ3n) is 6.39. The number of sulfonamides is 1. The van der Waals surface area contributed by atoms with Crippen LogP contribution in [0, 0.1) is 12.8 Å². The van der Waals surface area contributed by atoms with Crippen LogP contribution in [0.4, 0.5) is 11.4 Å². The fourth-order valence-electron chi connectivity index (χ4n) is 4.48. The summed E-state index contributed by atoms with van der Waals surface area (Å²) >= 11 is 0.